The minimum Gasteiger partial charge on any atom is -0.392 e. The fraction of sp³-hybridized carbons (Fsp3) is 1.00. The lowest BCUT2D eigenvalue weighted by Gasteiger charge is -2.48. The van der Waals surface area contributed by atoms with Gasteiger partial charge < -0.3 is 14.7 Å². The number of hydrogen-bond donors (Lipinski definition) is 1. The van der Waals surface area contributed by atoms with Gasteiger partial charge in [0, 0.05) is 18.4 Å². The molecule has 3 nitrogen and oxygen atoms in total. The van der Waals surface area contributed by atoms with E-state index in [-0.39, 0.29) is 17.6 Å². The summed E-state index contributed by atoms with van der Waals surface area (Å²) in [4.78, 5) is 2.49. The van der Waals surface area contributed by atoms with Gasteiger partial charge in [0.1, 0.15) is 0 Å². The average molecular weight is 227 g/mol. The van der Waals surface area contributed by atoms with Crippen LogP contribution >= 0.6 is 0 Å². The molecule has 16 heavy (non-hydrogen) atoms. The predicted octanol–water partition coefficient (Wildman–Crippen LogP) is 1.65. The first-order valence-electron chi connectivity index (χ1n) is 6.63. The maximum atomic E-state index is 9.60. The van der Waals surface area contributed by atoms with Gasteiger partial charge in [0.25, 0.3) is 0 Å². The maximum absolute atomic E-state index is 9.60. The van der Waals surface area contributed by atoms with Gasteiger partial charge in [-0.15, -0.1) is 0 Å². The van der Waals surface area contributed by atoms with Gasteiger partial charge in [-0.05, 0) is 25.9 Å². The number of ether oxygens (including phenoxy) is 1. The Labute approximate surface area is 98.8 Å². The fourth-order valence-corrected chi connectivity index (χ4v) is 2.65. The molecule has 0 aromatic heterocycles. The van der Waals surface area contributed by atoms with Crippen molar-refractivity contribution >= 4 is 0 Å². The summed E-state index contributed by atoms with van der Waals surface area (Å²) in [5.41, 5.74) is -0.0398. The third kappa shape index (κ3) is 2.58. The van der Waals surface area contributed by atoms with Crippen LogP contribution in [0.1, 0.15) is 39.5 Å². The van der Waals surface area contributed by atoms with Crippen molar-refractivity contribution in [3.63, 3.8) is 0 Å². The summed E-state index contributed by atoms with van der Waals surface area (Å²) in [5.74, 6) is 0. The second-order valence-electron chi connectivity index (χ2n) is 5.83. The molecule has 2 atom stereocenters. The Bertz CT molecular complexity index is 224. The Balaban J connectivity index is 1.61. The van der Waals surface area contributed by atoms with Crippen LogP contribution in [0.15, 0.2) is 0 Å². The highest BCUT2D eigenvalue weighted by molar-refractivity contribution is 4.98. The smallest absolute Gasteiger partial charge is 0.0676 e. The molecule has 1 heterocycles. The molecule has 0 bridgehead atoms. The van der Waals surface area contributed by atoms with E-state index in [1.54, 1.807) is 0 Å². The lowest BCUT2D eigenvalue weighted by atomic mass is 9.66. The number of nitrogens with zero attached hydrogens (tertiary/aromatic N) is 1. The summed E-state index contributed by atoms with van der Waals surface area (Å²) in [6.45, 7) is 8.53. The summed E-state index contributed by atoms with van der Waals surface area (Å²) in [7, 11) is 0. The summed E-state index contributed by atoms with van der Waals surface area (Å²) in [5, 5.41) is 9.60. The van der Waals surface area contributed by atoms with Gasteiger partial charge >= 0.3 is 0 Å². The third-order valence-corrected chi connectivity index (χ3v) is 4.30. The van der Waals surface area contributed by atoms with Crippen LogP contribution in [0.4, 0.5) is 0 Å². The van der Waals surface area contributed by atoms with Crippen LogP contribution in [-0.2, 0) is 4.74 Å². The van der Waals surface area contributed by atoms with E-state index in [0.717, 1.165) is 19.6 Å². The highest BCUT2D eigenvalue weighted by Crippen LogP contribution is 2.42. The van der Waals surface area contributed by atoms with Crippen molar-refractivity contribution in [3.8, 4) is 0 Å². The second kappa shape index (κ2) is 5.03. The monoisotopic (exact) mass is 227 g/mol. The van der Waals surface area contributed by atoms with Crippen LogP contribution in [0.5, 0.6) is 0 Å². The standard InChI is InChI=1S/C13H25NO2/c1-13(2)11(15)10-12(13)16-9-8-14-6-4-3-5-7-14/h11-12,15H,3-10H2,1-2H3. The highest BCUT2D eigenvalue weighted by Gasteiger charge is 2.48. The molecule has 2 unspecified atom stereocenters. The Hall–Kier alpha value is -0.120. The highest BCUT2D eigenvalue weighted by atomic mass is 16.5. The summed E-state index contributed by atoms with van der Waals surface area (Å²) < 4.78 is 5.86. The first kappa shape index (κ1) is 12.3. The lowest BCUT2D eigenvalue weighted by Crippen LogP contribution is -2.55. The summed E-state index contributed by atoms with van der Waals surface area (Å²) >= 11 is 0. The topological polar surface area (TPSA) is 32.7 Å². The first-order chi connectivity index (χ1) is 7.60. The molecule has 1 N–H and O–H groups in total. The Morgan fingerprint density at radius 3 is 2.50 bits per heavy atom. The molecule has 0 amide bonds. The molecule has 94 valence electrons. The maximum Gasteiger partial charge on any atom is 0.0676 e. The number of rotatable bonds is 4. The molecule has 1 aliphatic heterocycles. The van der Waals surface area contributed by atoms with Crippen molar-refractivity contribution in [2.75, 3.05) is 26.2 Å². The molecular weight excluding hydrogens is 202 g/mol. The predicted molar refractivity (Wildman–Crippen MR) is 64.4 cm³/mol. The number of hydrogen-bond acceptors (Lipinski definition) is 3. The molecule has 0 spiro atoms. The van der Waals surface area contributed by atoms with Crippen molar-refractivity contribution in [2.24, 2.45) is 5.41 Å². The minimum absolute atomic E-state index is 0.0398. The molecule has 0 radical (unpaired) electrons. The largest absolute Gasteiger partial charge is 0.392 e. The van der Waals surface area contributed by atoms with Crippen molar-refractivity contribution in [2.45, 2.75) is 51.7 Å². The van der Waals surface area contributed by atoms with Gasteiger partial charge in [-0.3, -0.25) is 0 Å². The number of likely N-dealkylation sites (tertiary alicyclic amines) is 1. The zero-order valence-corrected chi connectivity index (χ0v) is 10.6. The Kier molecular flexibility index (Phi) is 3.88. The molecule has 0 aromatic rings. The van der Waals surface area contributed by atoms with Crippen LogP contribution in [0.25, 0.3) is 0 Å². The van der Waals surface area contributed by atoms with Crippen molar-refractivity contribution < 1.29 is 9.84 Å². The molecule has 2 rings (SSSR count). The fourth-order valence-electron chi connectivity index (χ4n) is 2.65. The van der Waals surface area contributed by atoms with Gasteiger partial charge in [0.15, 0.2) is 0 Å². The van der Waals surface area contributed by atoms with E-state index in [1.807, 2.05) is 0 Å². The zero-order valence-electron chi connectivity index (χ0n) is 10.6. The minimum atomic E-state index is -0.174. The van der Waals surface area contributed by atoms with Crippen LogP contribution < -0.4 is 0 Å². The molecule has 0 aromatic carbocycles. The summed E-state index contributed by atoms with van der Waals surface area (Å²) in [6, 6.07) is 0. The second-order valence-corrected chi connectivity index (χ2v) is 5.83. The molecule has 3 heteroatoms. The molecule has 1 aliphatic carbocycles. The Morgan fingerprint density at radius 1 is 1.25 bits per heavy atom. The van der Waals surface area contributed by atoms with Crippen molar-refractivity contribution in [1.82, 2.24) is 4.90 Å². The van der Waals surface area contributed by atoms with Crippen LogP contribution in [0, 0.1) is 5.41 Å². The van der Waals surface area contributed by atoms with Gasteiger partial charge in [-0.25, -0.2) is 0 Å². The van der Waals surface area contributed by atoms with E-state index in [4.69, 9.17) is 4.74 Å². The first-order valence-corrected chi connectivity index (χ1v) is 6.63. The number of piperidine rings is 1. The van der Waals surface area contributed by atoms with E-state index < -0.39 is 0 Å². The summed E-state index contributed by atoms with van der Waals surface area (Å²) in [6.07, 6.45) is 4.97. The third-order valence-electron chi connectivity index (χ3n) is 4.30. The van der Waals surface area contributed by atoms with Crippen molar-refractivity contribution in [1.29, 1.82) is 0 Å². The average Bonchev–Trinajstić information content (AvgIpc) is 2.29. The van der Waals surface area contributed by atoms with Crippen LogP contribution in [0.3, 0.4) is 0 Å². The van der Waals surface area contributed by atoms with E-state index in [2.05, 4.69) is 18.7 Å². The molecule has 1 saturated carbocycles. The van der Waals surface area contributed by atoms with Crippen LogP contribution in [-0.4, -0.2) is 48.5 Å². The van der Waals surface area contributed by atoms with E-state index in [1.165, 1.54) is 32.4 Å². The molecule has 1 saturated heterocycles. The van der Waals surface area contributed by atoms with Gasteiger partial charge in [0.05, 0.1) is 18.8 Å². The molecule has 2 aliphatic rings. The number of aliphatic hydroxyl groups excluding tert-OH is 1. The molecule has 2 fully saturated rings. The van der Waals surface area contributed by atoms with E-state index >= 15 is 0 Å². The van der Waals surface area contributed by atoms with E-state index in [0.29, 0.717) is 0 Å². The number of aliphatic hydroxyl groups is 1. The van der Waals surface area contributed by atoms with E-state index in [9.17, 15) is 5.11 Å². The Morgan fingerprint density at radius 2 is 1.94 bits per heavy atom. The quantitative estimate of drug-likeness (QED) is 0.792. The van der Waals surface area contributed by atoms with Gasteiger partial charge in [-0.1, -0.05) is 20.3 Å². The van der Waals surface area contributed by atoms with Gasteiger partial charge in [0.2, 0.25) is 0 Å². The lowest BCUT2D eigenvalue weighted by molar-refractivity contribution is -0.176. The van der Waals surface area contributed by atoms with Crippen molar-refractivity contribution in [3.05, 3.63) is 0 Å². The SMILES string of the molecule is CC1(C)C(O)CC1OCCN1CCCCC1. The normalized spacial score (nSPS) is 34.7. The zero-order chi connectivity index (χ0) is 11.6. The van der Waals surface area contributed by atoms with Crippen LogP contribution in [0.2, 0.25) is 0 Å². The van der Waals surface area contributed by atoms with Gasteiger partial charge in [-0.2, -0.15) is 0 Å². The molecular formula is C13H25NO2.